The summed E-state index contributed by atoms with van der Waals surface area (Å²) in [6.07, 6.45) is 0.306. The summed E-state index contributed by atoms with van der Waals surface area (Å²) in [6, 6.07) is 5.77. The van der Waals surface area contributed by atoms with Gasteiger partial charge in [0.1, 0.15) is 0 Å². The first-order valence-electron chi connectivity index (χ1n) is 9.43. The summed E-state index contributed by atoms with van der Waals surface area (Å²) in [6.45, 7) is 11.1. The Kier molecular flexibility index (Phi) is 8.78. The average molecular weight is 412 g/mol. The number of hydrazone groups is 1. The Hall–Kier alpha value is -1.77. The topological polar surface area (TPSA) is 99.1 Å². The summed E-state index contributed by atoms with van der Waals surface area (Å²) in [5.41, 5.74) is 0.953. The third-order valence-corrected chi connectivity index (χ3v) is 6.03. The van der Waals surface area contributed by atoms with E-state index in [1.807, 2.05) is 25.7 Å². The van der Waals surface area contributed by atoms with Crippen molar-refractivity contribution in [2.45, 2.75) is 64.6 Å². The maximum Gasteiger partial charge on any atom is 0.276 e. The number of hydrogen-bond donors (Lipinski definition) is 2. The highest BCUT2D eigenvalue weighted by Gasteiger charge is 2.35. The number of nitrogens with zero attached hydrogens (tertiary/aromatic N) is 2. The molecule has 0 saturated heterocycles. The van der Waals surface area contributed by atoms with E-state index < -0.39 is 28.1 Å². The number of hydrogen-bond acceptors (Lipinski definition) is 6. The molecule has 1 aromatic carbocycles. The van der Waals surface area contributed by atoms with Crippen LogP contribution in [0, 0.1) is 18.8 Å². The number of aliphatic hydroxyl groups is 1. The first-order valence-corrected chi connectivity index (χ1v) is 10.9. The number of ketones is 1. The number of nitrogens with one attached hydrogen (secondary N) is 1. The third kappa shape index (κ3) is 6.39. The molecule has 1 rings (SSSR count). The summed E-state index contributed by atoms with van der Waals surface area (Å²) in [5, 5.41) is 14.6. The fraction of sp³-hybridized carbons (Fsp3) is 0.600. The molecule has 0 aliphatic rings. The molecule has 0 aliphatic heterocycles. The van der Waals surface area contributed by atoms with Crippen LogP contribution in [0.15, 0.2) is 34.3 Å². The van der Waals surface area contributed by atoms with E-state index in [9.17, 15) is 18.3 Å². The quantitative estimate of drug-likeness (QED) is 0.454. The first kappa shape index (κ1) is 24.3. The minimum Gasteiger partial charge on any atom is -0.390 e. The van der Waals surface area contributed by atoms with Crippen molar-refractivity contribution in [1.29, 1.82) is 0 Å². The molecule has 1 aromatic rings. The van der Waals surface area contributed by atoms with Gasteiger partial charge in [0.15, 0.2) is 5.78 Å². The van der Waals surface area contributed by atoms with E-state index in [4.69, 9.17) is 0 Å². The number of Topliss-reactive ketones (excluding diaryl/α,β-unsaturated/α-hetero) is 1. The van der Waals surface area contributed by atoms with Crippen LogP contribution in [0.3, 0.4) is 0 Å². The molecular formula is C20H33N3O4S. The molecule has 8 heteroatoms. The van der Waals surface area contributed by atoms with Crippen LogP contribution in [-0.4, -0.2) is 55.7 Å². The maximum absolute atomic E-state index is 12.6. The molecule has 0 saturated carbocycles. The first-order chi connectivity index (χ1) is 12.9. The Morgan fingerprint density at radius 2 is 1.68 bits per heavy atom. The van der Waals surface area contributed by atoms with Crippen LogP contribution in [-0.2, 0) is 14.8 Å². The van der Waals surface area contributed by atoms with E-state index in [0.29, 0.717) is 0 Å². The lowest BCUT2D eigenvalue weighted by atomic mass is 9.89. The lowest BCUT2D eigenvalue weighted by Gasteiger charge is -2.36. The molecule has 3 atom stereocenters. The van der Waals surface area contributed by atoms with Gasteiger partial charge < -0.3 is 5.11 Å². The van der Waals surface area contributed by atoms with E-state index in [1.54, 1.807) is 40.0 Å². The van der Waals surface area contributed by atoms with Crippen LogP contribution in [0.25, 0.3) is 0 Å². The Bertz CT molecular complexity index is 773. The minimum absolute atomic E-state index is 0.0616. The van der Waals surface area contributed by atoms with E-state index in [2.05, 4.69) is 9.93 Å². The molecule has 0 unspecified atom stereocenters. The lowest BCUT2D eigenvalue weighted by Crippen LogP contribution is -2.53. The number of carbonyl (C=O) groups excluding carboxylic acids is 1. The maximum atomic E-state index is 12.6. The standard InChI is InChI=1S/C20H33N3O4S/c1-13(2)19(24)18(23(7)14(3)4)20(25)16(6)12-21-22-28(26,27)17-10-8-15(5)9-11-17/h8-14,16,18,20,22,25H,1-7H3/b21-12+/t16-,18-,20-/m1/s1. The van der Waals surface area contributed by atoms with Crippen molar-refractivity contribution in [2.24, 2.45) is 16.9 Å². The van der Waals surface area contributed by atoms with Crippen molar-refractivity contribution in [3.63, 3.8) is 0 Å². The highest BCUT2D eigenvalue weighted by atomic mass is 32.2. The molecule has 7 nitrogen and oxygen atoms in total. The Labute approximate surface area is 168 Å². The van der Waals surface area contributed by atoms with Gasteiger partial charge in [0.05, 0.1) is 17.0 Å². The summed E-state index contributed by atoms with van der Waals surface area (Å²) >= 11 is 0. The monoisotopic (exact) mass is 411 g/mol. The minimum atomic E-state index is -3.79. The molecule has 0 heterocycles. The molecule has 0 spiro atoms. The second kappa shape index (κ2) is 10.1. The number of aryl methyl sites for hydroxylation is 1. The average Bonchev–Trinajstić information content (AvgIpc) is 2.61. The van der Waals surface area contributed by atoms with Gasteiger partial charge in [-0.05, 0) is 40.0 Å². The van der Waals surface area contributed by atoms with Gasteiger partial charge in [0.2, 0.25) is 0 Å². The van der Waals surface area contributed by atoms with E-state index in [1.165, 1.54) is 18.3 Å². The van der Waals surface area contributed by atoms with Crippen molar-refractivity contribution in [3.05, 3.63) is 29.8 Å². The van der Waals surface area contributed by atoms with Crippen molar-refractivity contribution >= 4 is 22.0 Å². The molecule has 0 radical (unpaired) electrons. The fourth-order valence-electron chi connectivity index (χ4n) is 2.64. The van der Waals surface area contributed by atoms with Crippen LogP contribution in [0.5, 0.6) is 0 Å². The largest absolute Gasteiger partial charge is 0.390 e. The summed E-state index contributed by atoms with van der Waals surface area (Å²) in [4.78, 5) is 16.7. The molecule has 0 bridgehead atoms. The summed E-state index contributed by atoms with van der Waals surface area (Å²) in [7, 11) is -1.99. The van der Waals surface area contributed by atoms with Gasteiger partial charge in [-0.3, -0.25) is 9.69 Å². The SMILES string of the molecule is Cc1ccc(S(=O)(=O)N/N=C/[C@@H](C)[C@@H](O)[C@@H](C(=O)C(C)C)N(C)C(C)C)cc1. The molecule has 2 N–H and O–H groups in total. The fourth-order valence-corrected chi connectivity index (χ4v) is 3.44. The van der Waals surface area contributed by atoms with E-state index in [-0.39, 0.29) is 22.6 Å². The van der Waals surface area contributed by atoms with Gasteiger partial charge in [0.25, 0.3) is 10.0 Å². The van der Waals surface area contributed by atoms with Gasteiger partial charge in [0, 0.05) is 24.1 Å². The highest BCUT2D eigenvalue weighted by molar-refractivity contribution is 7.89. The van der Waals surface area contributed by atoms with Crippen LogP contribution >= 0.6 is 0 Å². The normalized spacial score (nSPS) is 16.0. The second-order valence-electron chi connectivity index (χ2n) is 7.80. The van der Waals surface area contributed by atoms with Crippen molar-refractivity contribution in [2.75, 3.05) is 7.05 Å². The number of aliphatic hydroxyl groups excluding tert-OH is 1. The number of carbonyl (C=O) groups is 1. The van der Waals surface area contributed by atoms with Crippen LogP contribution < -0.4 is 4.83 Å². The lowest BCUT2D eigenvalue weighted by molar-refractivity contribution is -0.132. The zero-order valence-electron chi connectivity index (χ0n) is 17.7. The molecule has 0 fully saturated rings. The van der Waals surface area contributed by atoms with Crippen molar-refractivity contribution < 1.29 is 18.3 Å². The van der Waals surface area contributed by atoms with Crippen LogP contribution in [0.2, 0.25) is 0 Å². The van der Waals surface area contributed by atoms with Gasteiger partial charge in [-0.2, -0.15) is 13.5 Å². The number of benzene rings is 1. The molecule has 158 valence electrons. The van der Waals surface area contributed by atoms with Gasteiger partial charge in [-0.15, -0.1) is 0 Å². The summed E-state index contributed by atoms with van der Waals surface area (Å²) < 4.78 is 24.5. The van der Waals surface area contributed by atoms with Gasteiger partial charge >= 0.3 is 0 Å². The second-order valence-corrected chi connectivity index (χ2v) is 9.46. The zero-order chi connectivity index (χ0) is 21.6. The van der Waals surface area contributed by atoms with Crippen molar-refractivity contribution in [1.82, 2.24) is 9.73 Å². The van der Waals surface area contributed by atoms with Gasteiger partial charge in [-0.1, -0.05) is 38.5 Å². The molecule has 0 amide bonds. The van der Waals surface area contributed by atoms with E-state index in [0.717, 1.165) is 5.56 Å². The molecule has 28 heavy (non-hydrogen) atoms. The predicted molar refractivity (Wildman–Crippen MR) is 112 cm³/mol. The Morgan fingerprint density at radius 1 is 1.14 bits per heavy atom. The number of rotatable bonds is 10. The molecule has 0 aliphatic carbocycles. The van der Waals surface area contributed by atoms with Crippen molar-refractivity contribution in [3.8, 4) is 0 Å². The zero-order valence-corrected chi connectivity index (χ0v) is 18.6. The highest BCUT2D eigenvalue weighted by Crippen LogP contribution is 2.18. The van der Waals surface area contributed by atoms with E-state index >= 15 is 0 Å². The summed E-state index contributed by atoms with van der Waals surface area (Å²) in [5.74, 6) is -0.830. The number of sulfonamides is 1. The number of likely N-dealkylation sites (N-methyl/N-ethyl adjacent to an activating group) is 1. The third-order valence-electron chi connectivity index (χ3n) is 4.79. The molecular weight excluding hydrogens is 378 g/mol. The Morgan fingerprint density at radius 3 is 2.14 bits per heavy atom. The van der Waals surface area contributed by atoms with Crippen LogP contribution in [0.4, 0.5) is 0 Å². The Balaban J connectivity index is 2.91. The van der Waals surface area contributed by atoms with Crippen LogP contribution in [0.1, 0.15) is 40.2 Å². The molecule has 0 aromatic heterocycles. The van der Waals surface area contributed by atoms with Gasteiger partial charge in [-0.25, -0.2) is 4.83 Å². The predicted octanol–water partition coefficient (Wildman–Crippen LogP) is 2.19. The smallest absolute Gasteiger partial charge is 0.276 e.